The van der Waals surface area contributed by atoms with E-state index in [2.05, 4.69) is 23.5 Å². The summed E-state index contributed by atoms with van der Waals surface area (Å²) in [4.78, 5) is 12.0. The average Bonchev–Trinajstić information content (AvgIpc) is 2.49. The number of sulfonamides is 1. The minimum atomic E-state index is -3.68. The Morgan fingerprint density at radius 2 is 1.58 bits per heavy atom. The van der Waals surface area contributed by atoms with Gasteiger partial charge >= 0.3 is 0 Å². The van der Waals surface area contributed by atoms with Crippen LogP contribution in [0.1, 0.15) is 28.7 Å². The zero-order chi connectivity index (χ0) is 17.7. The Bertz CT molecular complexity index is 808. The fraction of sp³-hybridized carbons (Fsp3) is 0.278. The summed E-state index contributed by atoms with van der Waals surface area (Å²) >= 11 is 0. The van der Waals surface area contributed by atoms with Crippen LogP contribution in [0.3, 0.4) is 0 Å². The summed E-state index contributed by atoms with van der Waals surface area (Å²) in [5.74, 6) is -0.0373. The predicted molar refractivity (Wildman–Crippen MR) is 93.9 cm³/mol. The SMILES string of the molecule is Cc1cc(C)cc(CCC(=O)NCc2ccc(S(N)(=O)=O)cc2)c1. The number of carbonyl (C=O) groups excluding carboxylic acids is 1. The minimum absolute atomic E-state index is 0.0373. The van der Waals surface area contributed by atoms with Crippen LogP contribution in [0.2, 0.25) is 0 Å². The van der Waals surface area contributed by atoms with Crippen LogP contribution in [-0.2, 0) is 27.8 Å². The molecule has 0 radical (unpaired) electrons. The van der Waals surface area contributed by atoms with Crippen molar-refractivity contribution in [2.24, 2.45) is 5.14 Å². The highest BCUT2D eigenvalue weighted by Crippen LogP contribution is 2.11. The second-order valence-electron chi connectivity index (χ2n) is 5.96. The van der Waals surface area contributed by atoms with Crippen molar-refractivity contribution in [3.63, 3.8) is 0 Å². The standard InChI is InChI=1S/C18H22N2O3S/c1-13-9-14(2)11-16(10-13)5-8-18(21)20-12-15-3-6-17(7-4-15)24(19,22)23/h3-4,6-7,9-11H,5,8,12H2,1-2H3,(H,20,21)(H2,19,22,23). The molecular formula is C18H22N2O3S. The van der Waals surface area contributed by atoms with Crippen molar-refractivity contribution in [1.82, 2.24) is 5.32 Å². The fourth-order valence-corrected chi connectivity index (χ4v) is 3.07. The summed E-state index contributed by atoms with van der Waals surface area (Å²) in [6.45, 7) is 4.44. The summed E-state index contributed by atoms with van der Waals surface area (Å²) in [5, 5.41) is 7.88. The van der Waals surface area contributed by atoms with E-state index in [1.807, 2.05) is 13.8 Å². The maximum atomic E-state index is 12.0. The normalized spacial score (nSPS) is 11.3. The highest BCUT2D eigenvalue weighted by atomic mass is 32.2. The van der Waals surface area contributed by atoms with Crippen LogP contribution in [0.5, 0.6) is 0 Å². The molecule has 0 spiro atoms. The first-order valence-corrected chi connectivity index (χ1v) is 9.24. The largest absolute Gasteiger partial charge is 0.352 e. The molecule has 128 valence electrons. The van der Waals surface area contributed by atoms with Crippen molar-refractivity contribution in [3.8, 4) is 0 Å². The van der Waals surface area contributed by atoms with Crippen molar-refractivity contribution in [3.05, 3.63) is 64.7 Å². The summed E-state index contributed by atoms with van der Waals surface area (Å²) < 4.78 is 22.4. The second kappa shape index (κ2) is 7.59. The van der Waals surface area contributed by atoms with Crippen molar-refractivity contribution >= 4 is 15.9 Å². The van der Waals surface area contributed by atoms with E-state index in [4.69, 9.17) is 5.14 Å². The number of hydrogen-bond acceptors (Lipinski definition) is 3. The molecule has 1 amide bonds. The molecule has 2 aromatic carbocycles. The van der Waals surface area contributed by atoms with Crippen LogP contribution in [-0.4, -0.2) is 14.3 Å². The molecule has 24 heavy (non-hydrogen) atoms. The molecule has 0 fully saturated rings. The lowest BCUT2D eigenvalue weighted by molar-refractivity contribution is -0.121. The van der Waals surface area contributed by atoms with Crippen LogP contribution in [0, 0.1) is 13.8 Å². The van der Waals surface area contributed by atoms with Gasteiger partial charge in [-0.25, -0.2) is 13.6 Å². The van der Waals surface area contributed by atoms with Crippen molar-refractivity contribution in [2.45, 2.75) is 38.1 Å². The molecule has 3 N–H and O–H groups in total. The molecule has 0 atom stereocenters. The molecule has 6 heteroatoms. The number of aryl methyl sites for hydroxylation is 3. The minimum Gasteiger partial charge on any atom is -0.352 e. The lowest BCUT2D eigenvalue weighted by Gasteiger charge is -2.07. The van der Waals surface area contributed by atoms with Gasteiger partial charge in [0.05, 0.1) is 4.90 Å². The number of amides is 1. The Labute approximate surface area is 142 Å². The van der Waals surface area contributed by atoms with Gasteiger partial charge in [0.25, 0.3) is 0 Å². The number of nitrogens with two attached hydrogens (primary N) is 1. The second-order valence-corrected chi connectivity index (χ2v) is 7.52. The first kappa shape index (κ1) is 18.2. The van der Waals surface area contributed by atoms with E-state index in [0.717, 1.165) is 11.1 Å². The van der Waals surface area contributed by atoms with Crippen molar-refractivity contribution in [2.75, 3.05) is 0 Å². The van der Waals surface area contributed by atoms with Crippen LogP contribution < -0.4 is 10.5 Å². The van der Waals surface area contributed by atoms with E-state index >= 15 is 0 Å². The fourth-order valence-electron chi connectivity index (χ4n) is 2.56. The monoisotopic (exact) mass is 346 g/mol. The summed E-state index contributed by atoms with van der Waals surface area (Å²) in [5.41, 5.74) is 4.36. The van der Waals surface area contributed by atoms with E-state index in [9.17, 15) is 13.2 Å². The number of nitrogens with one attached hydrogen (secondary N) is 1. The molecule has 0 bridgehead atoms. The maximum absolute atomic E-state index is 12.0. The molecule has 0 aliphatic rings. The number of hydrogen-bond donors (Lipinski definition) is 2. The lowest BCUT2D eigenvalue weighted by atomic mass is 10.0. The van der Waals surface area contributed by atoms with Gasteiger partial charge in [0.15, 0.2) is 0 Å². The molecule has 0 aliphatic carbocycles. The zero-order valence-corrected chi connectivity index (χ0v) is 14.7. The average molecular weight is 346 g/mol. The third-order valence-electron chi connectivity index (χ3n) is 3.66. The third-order valence-corrected chi connectivity index (χ3v) is 4.59. The van der Waals surface area contributed by atoms with Crippen LogP contribution in [0.4, 0.5) is 0 Å². The maximum Gasteiger partial charge on any atom is 0.238 e. The van der Waals surface area contributed by atoms with Gasteiger partial charge in [-0.1, -0.05) is 41.5 Å². The van der Waals surface area contributed by atoms with Crippen molar-refractivity contribution in [1.29, 1.82) is 0 Å². The highest BCUT2D eigenvalue weighted by molar-refractivity contribution is 7.89. The molecule has 0 aromatic heterocycles. The zero-order valence-electron chi connectivity index (χ0n) is 13.9. The summed E-state index contributed by atoms with van der Waals surface area (Å²) in [6, 6.07) is 12.4. The van der Waals surface area contributed by atoms with E-state index in [0.29, 0.717) is 19.4 Å². The topological polar surface area (TPSA) is 89.3 Å². The Balaban J connectivity index is 1.85. The van der Waals surface area contributed by atoms with Gasteiger partial charge < -0.3 is 5.32 Å². The summed E-state index contributed by atoms with van der Waals surface area (Å²) in [6.07, 6.45) is 1.11. The van der Waals surface area contributed by atoms with Gasteiger partial charge in [-0.2, -0.15) is 0 Å². The van der Waals surface area contributed by atoms with Crippen molar-refractivity contribution < 1.29 is 13.2 Å². The Morgan fingerprint density at radius 1 is 1.00 bits per heavy atom. The first-order valence-electron chi connectivity index (χ1n) is 7.69. The number of primary sulfonamides is 1. The molecule has 0 saturated heterocycles. The first-order chi connectivity index (χ1) is 11.2. The number of benzene rings is 2. The number of carbonyl (C=O) groups is 1. The Morgan fingerprint density at radius 3 is 2.12 bits per heavy atom. The lowest BCUT2D eigenvalue weighted by Crippen LogP contribution is -2.23. The van der Waals surface area contributed by atoms with E-state index in [-0.39, 0.29) is 10.8 Å². The van der Waals surface area contributed by atoms with Crippen LogP contribution in [0.15, 0.2) is 47.4 Å². The van der Waals surface area contributed by atoms with E-state index in [1.165, 1.54) is 23.3 Å². The smallest absolute Gasteiger partial charge is 0.238 e. The van der Waals surface area contributed by atoms with Gasteiger partial charge in [-0.3, -0.25) is 4.79 Å². The molecule has 2 rings (SSSR count). The Kier molecular flexibility index (Phi) is 5.75. The Hall–Kier alpha value is -2.18. The quantitative estimate of drug-likeness (QED) is 0.840. The molecular weight excluding hydrogens is 324 g/mol. The predicted octanol–water partition coefficient (Wildman–Crippen LogP) is 2.20. The third kappa shape index (κ3) is 5.47. The molecule has 0 saturated carbocycles. The van der Waals surface area contributed by atoms with Crippen LogP contribution in [0.25, 0.3) is 0 Å². The summed E-state index contributed by atoms with van der Waals surface area (Å²) in [7, 11) is -3.68. The molecule has 0 unspecified atom stereocenters. The molecule has 0 aliphatic heterocycles. The molecule has 0 heterocycles. The molecule has 5 nitrogen and oxygen atoms in total. The van der Waals surface area contributed by atoms with Gasteiger partial charge in [0, 0.05) is 13.0 Å². The van der Waals surface area contributed by atoms with Gasteiger partial charge in [-0.05, 0) is 43.5 Å². The van der Waals surface area contributed by atoms with Gasteiger partial charge in [0.2, 0.25) is 15.9 Å². The number of rotatable bonds is 6. The van der Waals surface area contributed by atoms with Crippen LogP contribution >= 0.6 is 0 Å². The van der Waals surface area contributed by atoms with Gasteiger partial charge in [0.1, 0.15) is 0 Å². The highest BCUT2D eigenvalue weighted by Gasteiger charge is 2.07. The van der Waals surface area contributed by atoms with E-state index in [1.54, 1.807) is 12.1 Å². The molecule has 2 aromatic rings. The van der Waals surface area contributed by atoms with E-state index < -0.39 is 10.0 Å². The van der Waals surface area contributed by atoms with Gasteiger partial charge in [-0.15, -0.1) is 0 Å².